The molecule has 0 unspecified atom stereocenters. The van der Waals surface area contributed by atoms with Crippen LogP contribution in [0.3, 0.4) is 0 Å². The molecule has 0 saturated heterocycles. The smallest absolute Gasteiger partial charge is 0.354 e. The van der Waals surface area contributed by atoms with Gasteiger partial charge >= 0.3 is 5.97 Å². The maximum Gasteiger partial charge on any atom is 0.354 e. The zero-order valence-corrected chi connectivity index (χ0v) is 16.4. The van der Waals surface area contributed by atoms with E-state index in [2.05, 4.69) is 15.3 Å². The molecule has 1 amide bonds. The van der Waals surface area contributed by atoms with Crippen molar-refractivity contribution in [2.75, 3.05) is 5.32 Å². The van der Waals surface area contributed by atoms with Crippen LogP contribution >= 0.6 is 0 Å². The fourth-order valence-corrected chi connectivity index (χ4v) is 3.05. The number of nitrogens with zero attached hydrogens (tertiary/aromatic N) is 2. The zero-order valence-electron chi connectivity index (χ0n) is 16.4. The summed E-state index contributed by atoms with van der Waals surface area (Å²) in [7, 11) is 0. The molecule has 7 heteroatoms. The second-order valence-corrected chi connectivity index (χ2v) is 6.76. The number of anilines is 1. The number of aromatic nitrogens is 2. The Morgan fingerprint density at radius 2 is 1.76 bits per heavy atom. The van der Waals surface area contributed by atoms with Gasteiger partial charge in [0.15, 0.2) is 0 Å². The summed E-state index contributed by atoms with van der Waals surface area (Å²) in [5.41, 5.74) is 4.55. The van der Waals surface area contributed by atoms with Crippen molar-refractivity contribution in [1.29, 1.82) is 0 Å². The first-order chi connectivity index (χ1) is 13.8. The highest BCUT2D eigenvalue weighted by Crippen LogP contribution is 2.23. The molecule has 0 aliphatic heterocycles. The quantitative estimate of drug-likeness (QED) is 0.613. The number of carbonyl (C=O) groups is 2. The van der Waals surface area contributed by atoms with E-state index in [-0.39, 0.29) is 18.0 Å². The molecule has 0 aliphatic carbocycles. The Bertz CT molecular complexity index is 1090. The summed E-state index contributed by atoms with van der Waals surface area (Å²) >= 11 is 0. The normalized spacial score (nSPS) is 10.6. The van der Waals surface area contributed by atoms with Crippen LogP contribution < -0.4 is 5.32 Å². The van der Waals surface area contributed by atoms with E-state index in [9.17, 15) is 14.7 Å². The summed E-state index contributed by atoms with van der Waals surface area (Å²) in [5.74, 6) is -1.52. The Kier molecular flexibility index (Phi) is 5.70. The molecule has 0 spiro atoms. The van der Waals surface area contributed by atoms with Gasteiger partial charge in [0.05, 0.1) is 23.7 Å². The van der Waals surface area contributed by atoms with Gasteiger partial charge in [0.2, 0.25) is 0 Å². The number of aromatic carboxylic acids is 1. The van der Waals surface area contributed by atoms with Gasteiger partial charge in [-0.15, -0.1) is 0 Å². The van der Waals surface area contributed by atoms with E-state index < -0.39 is 11.9 Å². The van der Waals surface area contributed by atoms with Crippen LogP contribution in [0.15, 0.2) is 42.5 Å². The number of hydrogen-bond acceptors (Lipinski definition) is 5. The number of carboxylic acids is 1. The first-order valence-electron chi connectivity index (χ1n) is 9.01. The number of amides is 1. The van der Waals surface area contributed by atoms with Crippen molar-refractivity contribution < 1.29 is 19.8 Å². The van der Waals surface area contributed by atoms with Crippen molar-refractivity contribution in [2.45, 2.75) is 27.4 Å². The van der Waals surface area contributed by atoms with E-state index in [1.54, 1.807) is 20.8 Å². The van der Waals surface area contributed by atoms with Gasteiger partial charge in [-0.05, 0) is 55.7 Å². The van der Waals surface area contributed by atoms with Crippen LogP contribution in [0.25, 0.3) is 11.3 Å². The number of hydrogen-bond donors (Lipinski definition) is 3. The minimum atomic E-state index is -1.12. The van der Waals surface area contributed by atoms with Gasteiger partial charge in [-0.1, -0.05) is 24.3 Å². The largest absolute Gasteiger partial charge is 0.477 e. The number of pyridine rings is 2. The number of carbonyl (C=O) groups excluding carboxylic acids is 1. The van der Waals surface area contributed by atoms with E-state index in [0.717, 1.165) is 11.1 Å². The maximum absolute atomic E-state index is 12.9. The van der Waals surface area contributed by atoms with E-state index in [1.165, 1.54) is 6.07 Å². The van der Waals surface area contributed by atoms with Crippen molar-refractivity contribution in [3.05, 3.63) is 76.2 Å². The highest BCUT2D eigenvalue weighted by molar-refractivity contribution is 6.05. The predicted molar refractivity (Wildman–Crippen MR) is 109 cm³/mol. The monoisotopic (exact) mass is 391 g/mol. The minimum absolute atomic E-state index is 0.0712. The molecule has 29 heavy (non-hydrogen) atoms. The molecule has 3 N–H and O–H groups in total. The Morgan fingerprint density at radius 3 is 2.41 bits per heavy atom. The van der Waals surface area contributed by atoms with Crippen LogP contribution in [0, 0.1) is 20.8 Å². The summed E-state index contributed by atoms with van der Waals surface area (Å²) in [6.07, 6.45) is 0. The summed E-state index contributed by atoms with van der Waals surface area (Å²) < 4.78 is 0. The van der Waals surface area contributed by atoms with E-state index in [4.69, 9.17) is 5.11 Å². The second kappa shape index (κ2) is 8.20. The summed E-state index contributed by atoms with van der Waals surface area (Å²) in [5, 5.41) is 21.3. The molecule has 0 saturated carbocycles. The molecule has 2 aromatic heterocycles. The third kappa shape index (κ3) is 4.30. The lowest BCUT2D eigenvalue weighted by atomic mass is 10.1. The molecule has 148 valence electrons. The molecule has 0 bridgehead atoms. The van der Waals surface area contributed by atoms with E-state index in [0.29, 0.717) is 28.2 Å². The minimum Gasteiger partial charge on any atom is -0.477 e. The average Bonchev–Trinajstić information content (AvgIpc) is 2.70. The molecule has 0 radical (unpaired) electrons. The number of aliphatic hydroxyl groups is 1. The molecule has 0 aliphatic rings. The van der Waals surface area contributed by atoms with Crippen LogP contribution in [-0.4, -0.2) is 32.1 Å². The highest BCUT2D eigenvalue weighted by Gasteiger charge is 2.17. The van der Waals surface area contributed by atoms with Crippen LogP contribution in [0.1, 0.15) is 43.4 Å². The number of carboxylic acid groups (broad SMARTS) is 1. The van der Waals surface area contributed by atoms with Gasteiger partial charge in [0.25, 0.3) is 5.91 Å². The average molecular weight is 391 g/mol. The summed E-state index contributed by atoms with van der Waals surface area (Å²) in [6.45, 7) is 5.08. The molecular formula is C22H21N3O4. The van der Waals surface area contributed by atoms with Crippen molar-refractivity contribution in [2.24, 2.45) is 0 Å². The number of aliphatic hydroxyl groups excluding tert-OH is 1. The van der Waals surface area contributed by atoms with Crippen molar-refractivity contribution in [1.82, 2.24) is 9.97 Å². The SMILES string of the molecule is Cc1ccc(-c2cccc(CO)c2)nc1C(=O)Nc1c(C)cc(C(=O)O)nc1C. The first-order valence-corrected chi connectivity index (χ1v) is 9.01. The second-order valence-electron chi connectivity index (χ2n) is 6.76. The lowest BCUT2D eigenvalue weighted by Crippen LogP contribution is -2.18. The Labute approximate surface area is 168 Å². The first kappa shape index (κ1) is 20.2. The number of aryl methyl sites for hydroxylation is 3. The molecular weight excluding hydrogens is 370 g/mol. The third-order valence-corrected chi connectivity index (χ3v) is 4.57. The molecule has 3 aromatic rings. The summed E-state index contributed by atoms with van der Waals surface area (Å²) in [4.78, 5) is 32.6. The Balaban J connectivity index is 1.95. The summed E-state index contributed by atoms with van der Waals surface area (Å²) in [6, 6.07) is 12.4. The van der Waals surface area contributed by atoms with Crippen molar-refractivity contribution in [3.63, 3.8) is 0 Å². The van der Waals surface area contributed by atoms with Gasteiger partial charge in [0.1, 0.15) is 11.4 Å². The molecule has 1 aromatic carbocycles. The number of nitrogens with one attached hydrogen (secondary N) is 1. The number of rotatable bonds is 5. The van der Waals surface area contributed by atoms with Crippen LogP contribution in [-0.2, 0) is 6.61 Å². The van der Waals surface area contributed by atoms with Crippen LogP contribution in [0.4, 0.5) is 5.69 Å². The standard InChI is InChI=1S/C22H21N3O4/c1-12-7-8-17(16-6-4-5-15(10-16)11-26)24-20(12)21(27)25-19-13(2)9-18(22(28)29)23-14(19)3/h4-10,26H,11H2,1-3H3,(H,25,27)(H,28,29). The molecule has 7 nitrogen and oxygen atoms in total. The van der Waals surface area contributed by atoms with Gasteiger partial charge in [-0.3, -0.25) is 4.79 Å². The van der Waals surface area contributed by atoms with Gasteiger partial charge < -0.3 is 15.5 Å². The topological polar surface area (TPSA) is 112 Å². The van der Waals surface area contributed by atoms with Crippen molar-refractivity contribution >= 4 is 17.6 Å². The van der Waals surface area contributed by atoms with E-state index >= 15 is 0 Å². The molecule has 2 heterocycles. The zero-order chi connectivity index (χ0) is 21.1. The predicted octanol–water partition coefficient (Wildman–Crippen LogP) is 3.51. The third-order valence-electron chi connectivity index (χ3n) is 4.57. The lowest BCUT2D eigenvalue weighted by molar-refractivity contribution is 0.0690. The highest BCUT2D eigenvalue weighted by atomic mass is 16.4. The van der Waals surface area contributed by atoms with Crippen LogP contribution in [0.5, 0.6) is 0 Å². The van der Waals surface area contributed by atoms with E-state index in [1.807, 2.05) is 36.4 Å². The fourth-order valence-electron chi connectivity index (χ4n) is 3.05. The van der Waals surface area contributed by atoms with Crippen LogP contribution in [0.2, 0.25) is 0 Å². The van der Waals surface area contributed by atoms with Gasteiger partial charge in [-0.25, -0.2) is 14.8 Å². The van der Waals surface area contributed by atoms with Gasteiger partial charge in [-0.2, -0.15) is 0 Å². The number of benzene rings is 1. The fraction of sp³-hybridized carbons (Fsp3) is 0.182. The maximum atomic E-state index is 12.9. The lowest BCUT2D eigenvalue weighted by Gasteiger charge is -2.13. The van der Waals surface area contributed by atoms with Crippen molar-refractivity contribution in [3.8, 4) is 11.3 Å². The molecule has 0 fully saturated rings. The van der Waals surface area contributed by atoms with Gasteiger partial charge in [0, 0.05) is 5.56 Å². The Hall–Kier alpha value is -3.58. The Morgan fingerprint density at radius 1 is 1.00 bits per heavy atom. The molecule has 3 rings (SSSR count). The molecule has 0 atom stereocenters.